The molecule has 1 N–H and O–H groups in total. The maximum absolute atomic E-state index is 14.5. The van der Waals surface area contributed by atoms with Crippen LogP contribution < -0.4 is 14.5 Å². The van der Waals surface area contributed by atoms with E-state index in [9.17, 15) is 55.0 Å². The molecule has 8 nitrogen and oxygen atoms in total. The Hall–Kier alpha value is -4.47. The SMILES string of the molecule is O=C1[C@H]2[C@H](CC=C3[C@H]2C[C@@]2(Cl)C(=O)N(c4ccc(F)cc4)C(=O)[C@@]2(Cl)[C@H]3c2ccccc2OCCO)C(=O)N1c1cc(C(F)(F)F)cc(C(F)(F)F)c1. The Morgan fingerprint density at radius 3 is 2.02 bits per heavy atom. The van der Waals surface area contributed by atoms with E-state index in [1.165, 1.54) is 18.2 Å². The van der Waals surface area contributed by atoms with Crippen LogP contribution in [0.5, 0.6) is 5.75 Å². The maximum atomic E-state index is 14.5. The smallest absolute Gasteiger partial charge is 0.416 e. The molecule has 0 spiro atoms. The summed E-state index contributed by atoms with van der Waals surface area (Å²) < 4.78 is 102. The Morgan fingerprint density at radius 2 is 1.42 bits per heavy atom. The van der Waals surface area contributed by atoms with Crippen LogP contribution in [0.15, 0.2) is 78.4 Å². The first-order valence-electron chi connectivity index (χ1n) is 16.1. The molecule has 0 radical (unpaired) electrons. The van der Waals surface area contributed by atoms with Crippen LogP contribution in [0, 0.1) is 23.6 Å². The van der Waals surface area contributed by atoms with Gasteiger partial charge in [0.1, 0.15) is 18.2 Å². The number of aliphatic hydroxyl groups excluding tert-OH is 1. The number of hydrogen-bond acceptors (Lipinski definition) is 6. The molecule has 53 heavy (non-hydrogen) atoms. The molecule has 17 heteroatoms. The van der Waals surface area contributed by atoms with Crippen molar-refractivity contribution in [3.63, 3.8) is 0 Å². The predicted octanol–water partition coefficient (Wildman–Crippen LogP) is 7.00. The van der Waals surface area contributed by atoms with Gasteiger partial charge in [-0.1, -0.05) is 29.8 Å². The Balaban J connectivity index is 1.39. The average molecular weight is 785 g/mol. The number of amides is 4. The van der Waals surface area contributed by atoms with E-state index in [-0.39, 0.29) is 53.8 Å². The van der Waals surface area contributed by atoms with Crippen LogP contribution in [0.4, 0.5) is 42.1 Å². The van der Waals surface area contributed by atoms with Gasteiger partial charge in [-0.05, 0) is 67.3 Å². The lowest BCUT2D eigenvalue weighted by molar-refractivity contribution is -0.143. The minimum Gasteiger partial charge on any atom is -0.491 e. The summed E-state index contributed by atoms with van der Waals surface area (Å²) in [4.78, 5) is 53.3. The molecule has 4 amide bonds. The number of carbonyl (C=O) groups excluding carboxylic acids is 4. The third-order valence-electron chi connectivity index (χ3n) is 10.3. The van der Waals surface area contributed by atoms with E-state index in [0.717, 1.165) is 24.3 Å². The summed E-state index contributed by atoms with van der Waals surface area (Å²) in [7, 11) is 0. The minimum absolute atomic E-state index is 0.0856. The number of carbonyl (C=O) groups is 4. The number of hydrogen-bond donors (Lipinski definition) is 1. The van der Waals surface area contributed by atoms with Crippen LogP contribution in [-0.2, 0) is 31.5 Å². The molecule has 3 aromatic rings. The third-order valence-corrected chi connectivity index (χ3v) is 11.7. The van der Waals surface area contributed by atoms with E-state index in [4.69, 9.17) is 27.9 Å². The number of benzene rings is 3. The molecule has 278 valence electrons. The summed E-state index contributed by atoms with van der Waals surface area (Å²) in [5.41, 5.74) is -4.07. The van der Waals surface area contributed by atoms with Crippen molar-refractivity contribution in [3.8, 4) is 5.75 Å². The highest BCUT2D eigenvalue weighted by Crippen LogP contribution is 2.66. The molecule has 3 fully saturated rings. The second-order valence-electron chi connectivity index (χ2n) is 13.1. The number of ether oxygens (including phenoxy) is 1. The van der Waals surface area contributed by atoms with Crippen molar-refractivity contribution in [1.82, 2.24) is 0 Å². The number of fused-ring (bicyclic) bond motifs is 4. The lowest BCUT2D eigenvalue weighted by atomic mass is 9.56. The van der Waals surface area contributed by atoms with Crippen molar-refractivity contribution in [1.29, 1.82) is 0 Å². The van der Waals surface area contributed by atoms with E-state index >= 15 is 0 Å². The average Bonchev–Trinajstić information content (AvgIpc) is 3.44. The zero-order valence-corrected chi connectivity index (χ0v) is 28.4. The van der Waals surface area contributed by atoms with E-state index in [0.29, 0.717) is 9.80 Å². The topological polar surface area (TPSA) is 104 Å². The molecule has 2 aliphatic heterocycles. The molecule has 3 aromatic carbocycles. The van der Waals surface area contributed by atoms with Gasteiger partial charge >= 0.3 is 12.4 Å². The van der Waals surface area contributed by atoms with Crippen molar-refractivity contribution in [3.05, 3.63) is 101 Å². The summed E-state index contributed by atoms with van der Waals surface area (Å²) in [5.74, 6) is -10.2. The quantitative estimate of drug-likeness (QED) is 0.125. The maximum Gasteiger partial charge on any atom is 0.416 e. The standard InChI is InChI=1S/C36H25Cl2F7N2O6/c37-33-16-25-22(9-10-24-27(25)30(50)46(29(24)49)21-14-17(35(40,41)42)13-18(15-21)36(43,44)45)28(23-3-1-2-4-26(23)53-12-11-48)34(33,38)32(52)47(31(33)51)20-7-5-19(39)6-8-20/h1-9,13-15,24-25,27-28,48H,10-12,16H2/t24-,25+,27-,28+,33+,34-/m0/s1. The molecule has 1 saturated carbocycles. The number of imide groups is 2. The Bertz CT molecular complexity index is 2060. The summed E-state index contributed by atoms with van der Waals surface area (Å²) in [6.45, 7) is -0.640. The van der Waals surface area contributed by atoms with Crippen LogP contribution in [0.25, 0.3) is 0 Å². The number of alkyl halides is 8. The zero-order valence-electron chi connectivity index (χ0n) is 26.9. The lowest BCUT2D eigenvalue weighted by Gasteiger charge is -2.50. The zero-order chi connectivity index (χ0) is 38.4. The molecular weight excluding hydrogens is 760 g/mol. The van der Waals surface area contributed by atoms with Crippen LogP contribution in [0.1, 0.15) is 35.4 Å². The third kappa shape index (κ3) is 5.53. The fourth-order valence-corrected chi connectivity index (χ4v) is 9.00. The van der Waals surface area contributed by atoms with Crippen molar-refractivity contribution in [2.45, 2.75) is 40.9 Å². The molecule has 2 saturated heterocycles. The highest BCUT2D eigenvalue weighted by molar-refractivity contribution is 6.58. The summed E-state index contributed by atoms with van der Waals surface area (Å²) in [5, 5.41) is 9.50. The molecule has 2 aliphatic carbocycles. The number of nitrogens with zero attached hydrogens (tertiary/aromatic N) is 2. The van der Waals surface area contributed by atoms with Gasteiger partial charge in [-0.25, -0.2) is 14.2 Å². The van der Waals surface area contributed by atoms with Gasteiger partial charge in [0.25, 0.3) is 11.8 Å². The molecule has 0 aromatic heterocycles. The first kappa shape index (κ1) is 36.9. The van der Waals surface area contributed by atoms with Crippen LogP contribution in [-0.4, -0.2) is 51.7 Å². The fourth-order valence-electron chi connectivity index (χ4n) is 8.07. The van der Waals surface area contributed by atoms with Crippen molar-refractivity contribution in [2.24, 2.45) is 17.8 Å². The van der Waals surface area contributed by atoms with E-state index in [1.807, 2.05) is 0 Å². The highest BCUT2D eigenvalue weighted by Gasteiger charge is 2.77. The van der Waals surface area contributed by atoms with Crippen molar-refractivity contribution < 1.29 is 59.8 Å². The molecule has 0 bridgehead atoms. The van der Waals surface area contributed by atoms with Gasteiger partial charge in [-0.15, -0.1) is 23.2 Å². The normalized spacial score (nSPS) is 28.5. The molecule has 2 heterocycles. The number of anilines is 2. The van der Waals surface area contributed by atoms with Crippen molar-refractivity contribution >= 4 is 58.2 Å². The Morgan fingerprint density at radius 1 is 0.792 bits per heavy atom. The number of halogens is 9. The van der Waals surface area contributed by atoms with E-state index in [2.05, 4.69) is 0 Å². The molecule has 4 aliphatic rings. The summed E-state index contributed by atoms with van der Waals surface area (Å²) in [6.07, 6.45) is -9.84. The predicted molar refractivity (Wildman–Crippen MR) is 175 cm³/mol. The van der Waals surface area contributed by atoms with Gasteiger partial charge in [0, 0.05) is 11.5 Å². The largest absolute Gasteiger partial charge is 0.491 e. The van der Waals surface area contributed by atoms with Gasteiger partial charge in [-0.3, -0.25) is 19.2 Å². The van der Waals surface area contributed by atoms with Gasteiger partial charge in [-0.2, -0.15) is 26.3 Å². The highest BCUT2D eigenvalue weighted by atomic mass is 35.5. The molecule has 0 unspecified atom stereocenters. The first-order chi connectivity index (χ1) is 24.8. The number of aliphatic hydroxyl groups is 1. The van der Waals surface area contributed by atoms with Crippen LogP contribution in [0.2, 0.25) is 0 Å². The van der Waals surface area contributed by atoms with Gasteiger partial charge in [0.2, 0.25) is 11.8 Å². The first-order valence-corrected chi connectivity index (χ1v) is 16.8. The minimum atomic E-state index is -5.27. The van der Waals surface area contributed by atoms with Gasteiger partial charge in [0.05, 0.1) is 40.9 Å². The Labute approximate surface area is 305 Å². The van der Waals surface area contributed by atoms with Crippen molar-refractivity contribution in [2.75, 3.05) is 23.0 Å². The monoisotopic (exact) mass is 784 g/mol. The molecule has 7 rings (SSSR count). The lowest BCUT2D eigenvalue weighted by Crippen LogP contribution is -2.60. The molecule has 6 atom stereocenters. The Kier molecular flexibility index (Phi) is 8.73. The fraction of sp³-hybridized carbons (Fsp3) is 0.333. The number of rotatable bonds is 6. The van der Waals surface area contributed by atoms with E-state index in [1.54, 1.807) is 12.1 Å². The van der Waals surface area contributed by atoms with E-state index < -0.39 is 105 Å². The molecular formula is C36H25Cl2F7N2O6. The number of allylic oxidation sites excluding steroid dienone is 2. The summed E-state index contributed by atoms with van der Waals surface area (Å²) in [6, 6.07) is 10.9. The van der Waals surface area contributed by atoms with Gasteiger partial charge < -0.3 is 9.84 Å². The van der Waals surface area contributed by atoms with Crippen LogP contribution in [0.3, 0.4) is 0 Å². The number of para-hydroxylation sites is 1. The summed E-state index contributed by atoms with van der Waals surface area (Å²) >= 11 is 14.6. The van der Waals surface area contributed by atoms with Gasteiger partial charge in [0.15, 0.2) is 9.75 Å². The second-order valence-corrected chi connectivity index (χ2v) is 14.4. The van der Waals surface area contributed by atoms with Crippen LogP contribution >= 0.6 is 23.2 Å². The second kappa shape index (κ2) is 12.6.